The predicted molar refractivity (Wildman–Crippen MR) is 67.3 cm³/mol. The third kappa shape index (κ3) is 3.80. The van der Waals surface area contributed by atoms with Crippen LogP contribution in [0.3, 0.4) is 0 Å². The van der Waals surface area contributed by atoms with Gasteiger partial charge in [0.2, 0.25) is 5.41 Å². The molecule has 29 heavy (non-hydrogen) atoms. The van der Waals surface area contributed by atoms with E-state index in [1.807, 2.05) is 0 Å². The Morgan fingerprint density at radius 1 is 0.655 bits per heavy atom. The van der Waals surface area contributed by atoms with Gasteiger partial charge in [-0.2, -0.15) is 57.1 Å². The lowest BCUT2D eigenvalue weighted by Gasteiger charge is -2.45. The van der Waals surface area contributed by atoms with Gasteiger partial charge in [0.25, 0.3) is 5.69 Å². The molecule has 0 aliphatic heterocycles. The van der Waals surface area contributed by atoms with Gasteiger partial charge in [-0.1, -0.05) is 12.1 Å². The normalized spacial score (nSPS) is 14.8. The number of halogens is 13. The van der Waals surface area contributed by atoms with E-state index in [1.54, 1.807) is 0 Å². The summed E-state index contributed by atoms with van der Waals surface area (Å²) in [6.45, 7) is 0. The molecule has 0 atom stereocenters. The van der Waals surface area contributed by atoms with Crippen LogP contribution in [0.4, 0.5) is 62.8 Å². The average Bonchev–Trinajstić information content (AvgIpc) is 2.48. The van der Waals surface area contributed by atoms with Crippen molar-refractivity contribution in [1.82, 2.24) is 0 Å². The van der Waals surface area contributed by atoms with Crippen LogP contribution < -0.4 is 0 Å². The van der Waals surface area contributed by atoms with Gasteiger partial charge in [0.15, 0.2) is 0 Å². The molecule has 0 unspecified atom stereocenters. The molecule has 0 saturated heterocycles. The molecule has 0 saturated carbocycles. The molecule has 3 nitrogen and oxygen atoms in total. The highest BCUT2D eigenvalue weighted by molar-refractivity contribution is 5.34. The summed E-state index contributed by atoms with van der Waals surface area (Å²) in [6.07, 6.45) is -25.2. The summed E-state index contributed by atoms with van der Waals surface area (Å²) < 4.78 is 170. The predicted octanol–water partition coefficient (Wildman–Crippen LogP) is 6.08. The summed E-state index contributed by atoms with van der Waals surface area (Å²) in [5.74, 6) is -15.5. The van der Waals surface area contributed by atoms with E-state index in [-0.39, 0.29) is 24.3 Å². The van der Waals surface area contributed by atoms with Crippen LogP contribution in [0.15, 0.2) is 24.3 Å². The van der Waals surface area contributed by atoms with Crippen molar-refractivity contribution >= 4 is 5.69 Å². The minimum absolute atomic E-state index is 0.0895. The molecule has 0 aliphatic rings. The summed E-state index contributed by atoms with van der Waals surface area (Å²) in [5, 5.41) is 10.4. The van der Waals surface area contributed by atoms with Crippen LogP contribution in [0.1, 0.15) is 5.56 Å². The lowest BCUT2D eigenvalue weighted by molar-refractivity contribution is -0.460. The molecular weight excluding hydrogens is 449 g/mol. The second-order valence-corrected chi connectivity index (χ2v) is 5.65. The molecule has 0 aromatic heterocycles. The third-order valence-corrected chi connectivity index (χ3v) is 3.87. The van der Waals surface area contributed by atoms with Crippen LogP contribution in [-0.2, 0) is 6.42 Å². The number of hydrogen-bond donors (Lipinski definition) is 0. The Labute approximate surface area is 151 Å². The van der Waals surface area contributed by atoms with Gasteiger partial charge in [-0.05, 0) is 5.56 Å². The molecule has 0 N–H and O–H groups in total. The number of non-ortho nitro benzene ring substituents is 1. The number of nitrogens with zero attached hydrogens (tertiary/aromatic N) is 1. The van der Waals surface area contributed by atoms with Gasteiger partial charge in [0.05, 0.1) is 4.92 Å². The molecule has 16 heteroatoms. The van der Waals surface area contributed by atoms with Gasteiger partial charge in [-0.15, -0.1) is 0 Å². The Hall–Kier alpha value is -2.29. The Bertz CT molecular complexity index is 732. The van der Waals surface area contributed by atoms with E-state index in [9.17, 15) is 67.2 Å². The zero-order valence-electron chi connectivity index (χ0n) is 13.2. The maximum Gasteiger partial charge on any atom is 0.459 e. The van der Waals surface area contributed by atoms with Crippen molar-refractivity contribution in [1.29, 1.82) is 0 Å². The lowest BCUT2D eigenvalue weighted by Crippen LogP contribution is -2.71. The van der Waals surface area contributed by atoms with Crippen LogP contribution in [0, 0.1) is 15.5 Å². The van der Waals surface area contributed by atoms with Crippen LogP contribution >= 0.6 is 0 Å². The average molecular weight is 455 g/mol. The minimum Gasteiger partial charge on any atom is -0.258 e. The van der Waals surface area contributed by atoms with E-state index >= 15 is 0 Å². The number of rotatable bonds is 5. The first-order valence-corrected chi connectivity index (χ1v) is 6.82. The van der Waals surface area contributed by atoms with E-state index in [1.165, 1.54) is 0 Å². The van der Waals surface area contributed by atoms with Gasteiger partial charge >= 0.3 is 30.4 Å². The summed E-state index contributed by atoms with van der Waals surface area (Å²) in [7, 11) is 0. The molecule has 1 rings (SSSR count). The van der Waals surface area contributed by atoms with Crippen LogP contribution in [-0.4, -0.2) is 35.3 Å². The molecular formula is C13H6F13NO2. The van der Waals surface area contributed by atoms with E-state index in [0.717, 1.165) is 0 Å². The van der Waals surface area contributed by atoms with Crippen molar-refractivity contribution < 1.29 is 62.0 Å². The second-order valence-electron chi connectivity index (χ2n) is 5.65. The first-order valence-electron chi connectivity index (χ1n) is 6.82. The lowest BCUT2D eigenvalue weighted by atomic mass is 9.71. The number of nitro benzene ring substituents is 1. The van der Waals surface area contributed by atoms with Crippen molar-refractivity contribution in [2.75, 3.05) is 0 Å². The molecule has 0 aliphatic carbocycles. The fourth-order valence-corrected chi connectivity index (χ4v) is 2.32. The summed E-state index contributed by atoms with van der Waals surface area (Å²) in [5.41, 5.74) is -9.25. The van der Waals surface area contributed by atoms with Gasteiger partial charge in [0, 0.05) is 18.6 Å². The maximum absolute atomic E-state index is 13.9. The van der Waals surface area contributed by atoms with Gasteiger partial charge in [-0.3, -0.25) is 10.1 Å². The maximum atomic E-state index is 13.9. The summed E-state index contributed by atoms with van der Waals surface area (Å²) in [4.78, 5) is 9.23. The third-order valence-electron chi connectivity index (χ3n) is 3.87. The number of alkyl halides is 13. The molecule has 1 aromatic carbocycles. The van der Waals surface area contributed by atoms with Gasteiger partial charge < -0.3 is 0 Å². The van der Waals surface area contributed by atoms with Crippen LogP contribution in [0.25, 0.3) is 0 Å². The second kappa shape index (κ2) is 6.90. The first-order chi connectivity index (χ1) is 12.6. The fraction of sp³-hybridized carbons (Fsp3) is 0.538. The number of benzene rings is 1. The van der Waals surface area contributed by atoms with Crippen LogP contribution in [0.5, 0.6) is 0 Å². The highest BCUT2D eigenvalue weighted by Crippen LogP contribution is 2.66. The van der Waals surface area contributed by atoms with Crippen molar-refractivity contribution in [3.63, 3.8) is 0 Å². The van der Waals surface area contributed by atoms with E-state index < -0.39 is 58.4 Å². The highest BCUT2D eigenvalue weighted by atomic mass is 19.4. The molecule has 0 bridgehead atoms. The molecule has 0 fully saturated rings. The van der Waals surface area contributed by atoms with Crippen molar-refractivity contribution in [3.8, 4) is 0 Å². The monoisotopic (exact) mass is 455 g/mol. The summed E-state index contributed by atoms with van der Waals surface area (Å²) in [6, 6.07) is 0.693. The van der Waals surface area contributed by atoms with Crippen LogP contribution in [0.2, 0.25) is 0 Å². The van der Waals surface area contributed by atoms with Crippen molar-refractivity contribution in [3.05, 3.63) is 39.9 Å². The highest BCUT2D eigenvalue weighted by Gasteiger charge is 2.91. The van der Waals surface area contributed by atoms with Gasteiger partial charge in [0.1, 0.15) is 0 Å². The van der Waals surface area contributed by atoms with E-state index in [2.05, 4.69) is 0 Å². The zero-order valence-corrected chi connectivity index (χ0v) is 13.2. The molecule has 1 aromatic rings. The Kier molecular flexibility index (Phi) is 5.89. The number of nitro groups is 1. The minimum atomic E-state index is -7.74. The topological polar surface area (TPSA) is 43.1 Å². The first kappa shape index (κ1) is 24.7. The fourth-order valence-electron chi connectivity index (χ4n) is 2.32. The van der Waals surface area contributed by atoms with Gasteiger partial charge in [-0.25, -0.2) is 0 Å². The smallest absolute Gasteiger partial charge is 0.258 e. The van der Waals surface area contributed by atoms with Crippen molar-refractivity contribution in [2.24, 2.45) is 5.41 Å². The molecule has 0 heterocycles. The Morgan fingerprint density at radius 2 is 1.03 bits per heavy atom. The SMILES string of the molecule is O=[N+]([O-])c1ccc(CC(C(F)(F)F)(C(F)(F)F)C(F)(F)C(F)(F)C(F)(F)F)cc1. The van der Waals surface area contributed by atoms with Crippen molar-refractivity contribution in [2.45, 2.75) is 36.8 Å². The molecule has 0 spiro atoms. The standard InChI is InChI=1S/C13H6F13NO2/c14-9(15,10(16,17)13(24,25)26)8(11(18,19)20,12(21,22)23)5-6-1-3-7(4-2-6)27(28)29/h1-4H,5H2. The quantitative estimate of drug-likeness (QED) is 0.307. The Balaban J connectivity index is 3.82. The molecule has 0 radical (unpaired) electrons. The zero-order chi connectivity index (χ0) is 23.3. The Morgan fingerprint density at radius 3 is 1.31 bits per heavy atom. The largest absolute Gasteiger partial charge is 0.459 e. The van der Waals surface area contributed by atoms with E-state index in [0.29, 0.717) is 0 Å². The molecule has 166 valence electrons. The summed E-state index contributed by atoms with van der Waals surface area (Å²) >= 11 is 0. The molecule has 0 amide bonds. The number of hydrogen-bond acceptors (Lipinski definition) is 2. The van der Waals surface area contributed by atoms with E-state index in [4.69, 9.17) is 0 Å².